The number of rotatable bonds is 9. The second-order valence-electron chi connectivity index (χ2n) is 13.1. The molecule has 1 heterocycles. The fourth-order valence-electron chi connectivity index (χ4n) is 7.14. The number of hydrogen-bond donors (Lipinski definition) is 2. The summed E-state index contributed by atoms with van der Waals surface area (Å²) < 4.78 is 5.48. The molecule has 234 valence electrons. The predicted molar refractivity (Wildman–Crippen MR) is 178 cm³/mol. The van der Waals surface area contributed by atoms with E-state index in [1.54, 1.807) is 25.5 Å². The van der Waals surface area contributed by atoms with Crippen LogP contribution >= 0.6 is 11.3 Å². The van der Waals surface area contributed by atoms with Gasteiger partial charge in [-0.1, -0.05) is 24.3 Å². The fraction of sp³-hybridized carbons (Fsp3) is 0.528. The minimum Gasteiger partial charge on any atom is -0.496 e. The molecule has 6 rings (SSSR count). The van der Waals surface area contributed by atoms with Gasteiger partial charge in [-0.3, -0.25) is 4.79 Å². The Morgan fingerprint density at radius 2 is 1.70 bits per heavy atom. The second kappa shape index (κ2) is 13.7. The van der Waals surface area contributed by atoms with E-state index in [-0.39, 0.29) is 23.9 Å². The van der Waals surface area contributed by atoms with Gasteiger partial charge in [0.05, 0.1) is 17.0 Å². The number of carbonyl (C=O) groups is 2. The highest BCUT2D eigenvalue weighted by molar-refractivity contribution is 7.15. The molecule has 0 atom stereocenters. The Morgan fingerprint density at radius 3 is 2.39 bits per heavy atom. The number of hydrogen-bond acceptors (Lipinski definition) is 5. The number of anilines is 1. The number of benzene rings is 2. The first kappa shape index (κ1) is 30.6. The molecule has 0 spiro atoms. The summed E-state index contributed by atoms with van der Waals surface area (Å²) in [6.07, 6.45) is 12.3. The summed E-state index contributed by atoms with van der Waals surface area (Å²) in [4.78, 5) is 34.1. The van der Waals surface area contributed by atoms with Crippen molar-refractivity contribution < 1.29 is 14.3 Å². The van der Waals surface area contributed by atoms with Gasteiger partial charge in [-0.15, -0.1) is 11.3 Å². The third-order valence-electron chi connectivity index (χ3n) is 9.98. The highest BCUT2D eigenvalue weighted by atomic mass is 32.1. The van der Waals surface area contributed by atoms with Crippen LogP contribution in [0.3, 0.4) is 0 Å². The van der Waals surface area contributed by atoms with Gasteiger partial charge in [0, 0.05) is 43.4 Å². The van der Waals surface area contributed by atoms with Crippen LogP contribution < -0.4 is 20.3 Å². The molecule has 8 heteroatoms. The standard InChI is InChI=1S/C36H46N4O3S/c1-23-19-28(15-18-32(23)43-3)25-9-7-24(8-10-25)22-40(35(41)27-13-16-30(17-14-27)39-36(42)37-2)31-6-4-5-29(20-31)33-21-38-34(44-33)26-11-12-26/h4-6,15,18-21,24-27,30H,7-14,16-17,22H2,1-3H3,(H2,37,39,42)/t24-,25-,27-,30-. The highest BCUT2D eigenvalue weighted by Crippen LogP contribution is 2.44. The molecular weight excluding hydrogens is 568 g/mol. The maximum Gasteiger partial charge on any atom is 0.314 e. The molecule has 2 aromatic carbocycles. The summed E-state index contributed by atoms with van der Waals surface area (Å²) in [5.41, 5.74) is 4.72. The van der Waals surface area contributed by atoms with Crippen LogP contribution in [-0.4, -0.2) is 43.7 Å². The molecule has 3 fully saturated rings. The van der Waals surface area contributed by atoms with Gasteiger partial charge in [0.25, 0.3) is 0 Å². The van der Waals surface area contributed by atoms with Crippen molar-refractivity contribution in [2.45, 2.75) is 89.0 Å². The summed E-state index contributed by atoms with van der Waals surface area (Å²) in [5, 5.41) is 6.92. The van der Waals surface area contributed by atoms with Gasteiger partial charge >= 0.3 is 6.03 Å². The molecule has 0 saturated heterocycles. The number of aromatic nitrogens is 1. The van der Waals surface area contributed by atoms with Crippen molar-refractivity contribution in [2.24, 2.45) is 11.8 Å². The zero-order valence-corrected chi connectivity index (χ0v) is 27.1. The number of carbonyl (C=O) groups excluding carboxylic acids is 2. The average molecular weight is 615 g/mol. The van der Waals surface area contributed by atoms with E-state index in [0.717, 1.165) is 74.9 Å². The minimum absolute atomic E-state index is 0.0233. The average Bonchev–Trinajstić information content (AvgIpc) is 3.79. The number of nitrogens with zero attached hydrogens (tertiary/aromatic N) is 2. The molecule has 0 bridgehead atoms. The normalized spacial score (nSPS) is 23.5. The molecule has 3 aliphatic rings. The molecule has 0 aliphatic heterocycles. The number of aryl methyl sites for hydroxylation is 1. The van der Waals surface area contributed by atoms with E-state index in [1.165, 1.54) is 33.9 Å². The quantitative estimate of drug-likeness (QED) is 0.258. The molecule has 3 aromatic rings. The lowest BCUT2D eigenvalue weighted by atomic mass is 9.78. The first-order valence-electron chi connectivity index (χ1n) is 16.4. The van der Waals surface area contributed by atoms with E-state index >= 15 is 0 Å². The maximum atomic E-state index is 14.3. The fourth-order valence-corrected chi connectivity index (χ4v) is 8.23. The van der Waals surface area contributed by atoms with Crippen molar-refractivity contribution in [2.75, 3.05) is 25.6 Å². The number of thiazole rings is 1. The van der Waals surface area contributed by atoms with Crippen molar-refractivity contribution >= 4 is 29.0 Å². The first-order valence-corrected chi connectivity index (χ1v) is 17.2. The van der Waals surface area contributed by atoms with Crippen LogP contribution in [0.15, 0.2) is 48.7 Å². The zero-order chi connectivity index (χ0) is 30.6. The van der Waals surface area contributed by atoms with Gasteiger partial charge in [-0.2, -0.15) is 0 Å². The minimum atomic E-state index is -0.147. The lowest BCUT2D eigenvalue weighted by molar-refractivity contribution is -0.123. The third-order valence-corrected chi connectivity index (χ3v) is 11.2. The van der Waals surface area contributed by atoms with Crippen LogP contribution in [0.5, 0.6) is 5.75 Å². The monoisotopic (exact) mass is 614 g/mol. The summed E-state index contributed by atoms with van der Waals surface area (Å²) in [7, 11) is 3.37. The Balaban J connectivity index is 1.17. The van der Waals surface area contributed by atoms with Crippen LogP contribution in [0.2, 0.25) is 0 Å². The lowest BCUT2D eigenvalue weighted by Crippen LogP contribution is -2.45. The number of urea groups is 1. The SMILES string of the molecule is CNC(=O)N[C@H]1CC[C@H](C(=O)N(C[C@H]2CC[C@H](c3ccc(OC)c(C)c3)CC2)c2cccc(-c3cnc(C4CC4)s3)c2)CC1. The third kappa shape index (κ3) is 7.12. The Morgan fingerprint density at radius 1 is 0.955 bits per heavy atom. The van der Waals surface area contributed by atoms with Crippen molar-refractivity contribution in [3.05, 3.63) is 64.8 Å². The molecule has 0 unspecified atom stereocenters. The van der Waals surface area contributed by atoms with Gasteiger partial charge in [0.15, 0.2) is 0 Å². The molecule has 3 saturated carbocycles. The summed E-state index contributed by atoms with van der Waals surface area (Å²) in [6, 6.07) is 15.1. The Hall–Kier alpha value is -3.39. The molecular formula is C36H46N4O3S. The van der Waals surface area contributed by atoms with Gasteiger partial charge in [0.1, 0.15) is 5.75 Å². The van der Waals surface area contributed by atoms with E-state index in [1.807, 2.05) is 6.20 Å². The highest BCUT2D eigenvalue weighted by Gasteiger charge is 2.33. The van der Waals surface area contributed by atoms with Crippen LogP contribution in [0, 0.1) is 18.8 Å². The van der Waals surface area contributed by atoms with Crippen molar-refractivity contribution in [3.63, 3.8) is 0 Å². The van der Waals surface area contributed by atoms with Gasteiger partial charge in [-0.25, -0.2) is 9.78 Å². The summed E-state index contributed by atoms with van der Waals surface area (Å²) in [6.45, 7) is 2.87. The molecule has 3 amide bonds. The van der Waals surface area contributed by atoms with Crippen LogP contribution in [0.4, 0.5) is 10.5 Å². The molecule has 3 aliphatic carbocycles. The number of ether oxygens (including phenoxy) is 1. The van der Waals surface area contributed by atoms with E-state index in [0.29, 0.717) is 17.8 Å². The topological polar surface area (TPSA) is 83.6 Å². The Kier molecular flexibility index (Phi) is 9.55. The maximum absolute atomic E-state index is 14.3. The van der Waals surface area contributed by atoms with Crippen LogP contribution in [0.25, 0.3) is 10.4 Å². The smallest absolute Gasteiger partial charge is 0.314 e. The van der Waals surface area contributed by atoms with Gasteiger partial charge < -0.3 is 20.3 Å². The molecule has 2 N–H and O–H groups in total. The number of nitrogens with one attached hydrogen (secondary N) is 2. The van der Waals surface area contributed by atoms with Crippen molar-refractivity contribution in [3.8, 4) is 16.2 Å². The lowest BCUT2D eigenvalue weighted by Gasteiger charge is -2.36. The summed E-state index contributed by atoms with van der Waals surface area (Å²) >= 11 is 1.80. The van der Waals surface area contributed by atoms with Gasteiger partial charge in [0.2, 0.25) is 5.91 Å². The van der Waals surface area contributed by atoms with E-state index < -0.39 is 0 Å². The van der Waals surface area contributed by atoms with Crippen molar-refractivity contribution in [1.82, 2.24) is 15.6 Å². The van der Waals surface area contributed by atoms with E-state index in [4.69, 9.17) is 9.72 Å². The zero-order valence-electron chi connectivity index (χ0n) is 26.3. The second-order valence-corrected chi connectivity index (χ2v) is 14.1. The molecule has 0 radical (unpaired) electrons. The molecule has 7 nitrogen and oxygen atoms in total. The molecule has 44 heavy (non-hydrogen) atoms. The number of amides is 3. The predicted octanol–water partition coefficient (Wildman–Crippen LogP) is 7.80. The first-order chi connectivity index (χ1) is 21.4. The largest absolute Gasteiger partial charge is 0.496 e. The van der Waals surface area contributed by atoms with E-state index in [9.17, 15) is 9.59 Å². The van der Waals surface area contributed by atoms with Crippen LogP contribution in [-0.2, 0) is 4.79 Å². The molecule has 1 aromatic heterocycles. The van der Waals surface area contributed by atoms with Gasteiger partial charge in [-0.05, 0) is 118 Å². The van der Waals surface area contributed by atoms with E-state index in [2.05, 4.69) is 64.9 Å². The van der Waals surface area contributed by atoms with Crippen molar-refractivity contribution in [1.29, 1.82) is 0 Å². The summed E-state index contributed by atoms with van der Waals surface area (Å²) in [5.74, 6) is 2.81. The number of methoxy groups -OCH3 is 1. The van der Waals surface area contributed by atoms with Crippen LogP contribution in [0.1, 0.15) is 92.2 Å². The Labute approximate surface area is 265 Å². The Bertz CT molecular complexity index is 1450.